The number of imidazole rings is 1. The number of hydrogen-bond donors (Lipinski definition) is 1. The topological polar surface area (TPSA) is 89.5 Å². The first kappa shape index (κ1) is 16.0. The summed E-state index contributed by atoms with van der Waals surface area (Å²) in [4.78, 5) is 25.0. The summed E-state index contributed by atoms with van der Waals surface area (Å²) in [7, 11) is 1.98. The largest absolute Gasteiger partial charge is 0.543 e. The molecule has 4 heterocycles. The molecule has 1 N–H and O–H groups in total. The molecule has 1 amide bonds. The third-order valence-electron chi connectivity index (χ3n) is 4.61. The van der Waals surface area contributed by atoms with Gasteiger partial charge in [-0.05, 0) is 6.92 Å². The number of aryl methyl sites for hydroxylation is 1. The van der Waals surface area contributed by atoms with E-state index in [0.29, 0.717) is 4.24 Å². The lowest BCUT2D eigenvalue weighted by Crippen LogP contribution is -2.61. The zero-order chi connectivity index (χ0) is 17.2. The van der Waals surface area contributed by atoms with E-state index >= 15 is 0 Å². The number of carboxylic acids is 1. The van der Waals surface area contributed by atoms with Crippen LogP contribution in [-0.4, -0.2) is 43.2 Å². The van der Waals surface area contributed by atoms with Gasteiger partial charge in [-0.2, -0.15) is 0 Å². The van der Waals surface area contributed by atoms with Crippen LogP contribution in [0.3, 0.4) is 0 Å². The SMILES string of the molecule is C[C@@H](O)[C@H]1C(=O)N2C(C(=O)[O-])=C(S[C@H]3Cc4c[n+](C)cn4C3)S[C@H]12. The Kier molecular flexibility index (Phi) is 3.70. The van der Waals surface area contributed by atoms with Crippen LogP contribution in [0.15, 0.2) is 22.5 Å². The smallest absolute Gasteiger partial charge is 0.243 e. The molecular formula is C15H17N3O4S2. The third-order valence-corrected chi connectivity index (χ3v) is 7.40. The van der Waals surface area contributed by atoms with E-state index in [1.54, 1.807) is 6.92 Å². The normalized spacial score (nSPS) is 29.5. The van der Waals surface area contributed by atoms with Gasteiger partial charge in [0.15, 0.2) is 0 Å². The van der Waals surface area contributed by atoms with Crippen molar-refractivity contribution in [2.75, 3.05) is 0 Å². The minimum Gasteiger partial charge on any atom is -0.543 e. The van der Waals surface area contributed by atoms with Crippen LogP contribution in [0.25, 0.3) is 0 Å². The number of rotatable bonds is 4. The number of nitrogens with zero attached hydrogens (tertiary/aromatic N) is 3. The number of thioether (sulfide) groups is 2. The maximum atomic E-state index is 12.2. The second-order valence-electron chi connectivity index (χ2n) is 6.40. The van der Waals surface area contributed by atoms with Gasteiger partial charge in [0.05, 0.1) is 40.2 Å². The van der Waals surface area contributed by atoms with Crippen LogP contribution in [-0.2, 0) is 29.6 Å². The van der Waals surface area contributed by atoms with Gasteiger partial charge in [-0.1, -0.05) is 11.8 Å². The Morgan fingerprint density at radius 2 is 2.33 bits per heavy atom. The molecule has 4 atom stereocenters. The van der Waals surface area contributed by atoms with E-state index in [-0.39, 0.29) is 22.2 Å². The van der Waals surface area contributed by atoms with Gasteiger partial charge >= 0.3 is 0 Å². The summed E-state index contributed by atoms with van der Waals surface area (Å²) in [5.74, 6) is -2.20. The number of aromatic nitrogens is 2. The average molecular weight is 367 g/mol. The standard InChI is InChI=1S/C15H17N3O4S2/c1-7(19)10-12(20)18-11(14(21)22)15(24-13(10)18)23-9-3-8-4-16(2)6-17(8)5-9/h4,6-7,9-10,13,19H,3,5H2,1-2H3/t7-,9+,10+,13-/m1/s1. The fourth-order valence-corrected chi connectivity index (χ4v) is 6.87. The summed E-state index contributed by atoms with van der Waals surface area (Å²) in [6, 6.07) is 0. The number of aliphatic hydroxyl groups is 1. The summed E-state index contributed by atoms with van der Waals surface area (Å²) in [6.45, 7) is 2.37. The van der Waals surface area contributed by atoms with E-state index in [0.717, 1.165) is 13.0 Å². The van der Waals surface area contributed by atoms with Gasteiger partial charge in [-0.3, -0.25) is 9.69 Å². The lowest BCUT2D eigenvalue weighted by molar-refractivity contribution is -0.671. The first-order valence-corrected chi connectivity index (χ1v) is 9.47. The van der Waals surface area contributed by atoms with Crippen molar-refractivity contribution in [3.05, 3.63) is 28.2 Å². The molecule has 1 aromatic rings. The van der Waals surface area contributed by atoms with Gasteiger partial charge in [0.1, 0.15) is 23.8 Å². The molecular weight excluding hydrogens is 350 g/mol. The Hall–Kier alpha value is -1.45. The fourth-order valence-electron chi connectivity index (χ4n) is 3.54. The summed E-state index contributed by atoms with van der Waals surface area (Å²) >= 11 is 2.86. The van der Waals surface area contributed by atoms with Gasteiger partial charge in [-0.15, -0.1) is 11.8 Å². The molecule has 1 saturated heterocycles. The molecule has 7 nitrogen and oxygen atoms in total. The number of β-lactam (4-membered cyclic amide) rings is 1. The molecule has 24 heavy (non-hydrogen) atoms. The third kappa shape index (κ3) is 2.29. The molecule has 1 fully saturated rings. The Labute approximate surface area is 147 Å². The first-order valence-electron chi connectivity index (χ1n) is 7.71. The Balaban J connectivity index is 1.54. The zero-order valence-corrected chi connectivity index (χ0v) is 14.8. The summed E-state index contributed by atoms with van der Waals surface area (Å²) in [6.07, 6.45) is 4.16. The number of amides is 1. The number of fused-ring (bicyclic) bond motifs is 2. The number of aliphatic hydroxyl groups excluding tert-OH is 1. The fraction of sp³-hybridized carbons (Fsp3) is 0.533. The van der Waals surface area contributed by atoms with Crippen molar-refractivity contribution in [1.29, 1.82) is 0 Å². The molecule has 0 spiro atoms. The predicted molar refractivity (Wildman–Crippen MR) is 86.1 cm³/mol. The molecule has 4 rings (SSSR count). The molecule has 0 aliphatic carbocycles. The van der Waals surface area contributed by atoms with Gasteiger partial charge in [0.2, 0.25) is 12.2 Å². The van der Waals surface area contributed by atoms with Crippen molar-refractivity contribution in [3.63, 3.8) is 0 Å². The summed E-state index contributed by atoms with van der Waals surface area (Å²) in [5, 5.41) is 21.2. The monoisotopic (exact) mass is 367 g/mol. The molecule has 1 aromatic heterocycles. The van der Waals surface area contributed by atoms with Gasteiger partial charge in [-0.25, -0.2) is 9.13 Å². The molecule has 128 valence electrons. The molecule has 0 unspecified atom stereocenters. The Morgan fingerprint density at radius 3 is 2.96 bits per heavy atom. The van der Waals surface area contributed by atoms with Crippen LogP contribution in [0.5, 0.6) is 0 Å². The van der Waals surface area contributed by atoms with Crippen LogP contribution in [0, 0.1) is 5.92 Å². The average Bonchev–Trinajstić information content (AvgIpc) is 3.08. The molecule has 9 heteroatoms. The summed E-state index contributed by atoms with van der Waals surface area (Å²) < 4.78 is 4.79. The molecule has 0 saturated carbocycles. The van der Waals surface area contributed by atoms with E-state index in [1.807, 2.05) is 17.9 Å². The number of carbonyl (C=O) groups is 2. The number of hydrogen-bond acceptors (Lipinski definition) is 6. The van der Waals surface area contributed by atoms with E-state index in [4.69, 9.17) is 0 Å². The van der Waals surface area contributed by atoms with Crippen LogP contribution in [0.4, 0.5) is 0 Å². The van der Waals surface area contributed by atoms with Crippen LogP contribution >= 0.6 is 23.5 Å². The van der Waals surface area contributed by atoms with Crippen molar-refractivity contribution in [1.82, 2.24) is 9.47 Å². The van der Waals surface area contributed by atoms with E-state index in [2.05, 4.69) is 10.8 Å². The number of carboxylic acid groups (broad SMARTS) is 1. The predicted octanol–water partition coefficient (Wildman–Crippen LogP) is -1.20. The second-order valence-corrected chi connectivity index (χ2v) is 9.10. The van der Waals surface area contributed by atoms with E-state index < -0.39 is 18.0 Å². The van der Waals surface area contributed by atoms with Crippen molar-refractivity contribution in [3.8, 4) is 0 Å². The summed E-state index contributed by atoms with van der Waals surface area (Å²) in [5.41, 5.74) is 1.19. The Bertz CT molecular complexity index is 749. The van der Waals surface area contributed by atoms with Gasteiger partial charge in [0.25, 0.3) is 0 Å². The number of carbonyl (C=O) groups excluding carboxylic acids is 2. The van der Waals surface area contributed by atoms with Crippen molar-refractivity contribution in [2.24, 2.45) is 13.0 Å². The molecule has 0 aromatic carbocycles. The Morgan fingerprint density at radius 1 is 1.58 bits per heavy atom. The molecule has 3 aliphatic rings. The lowest BCUT2D eigenvalue weighted by Gasteiger charge is -2.44. The zero-order valence-electron chi connectivity index (χ0n) is 13.2. The number of aliphatic carboxylic acids is 1. The van der Waals surface area contributed by atoms with Gasteiger partial charge in [0, 0.05) is 6.42 Å². The minimum absolute atomic E-state index is 0.0287. The van der Waals surface area contributed by atoms with Crippen LogP contribution < -0.4 is 9.67 Å². The highest BCUT2D eigenvalue weighted by atomic mass is 32.2. The lowest BCUT2D eigenvalue weighted by atomic mass is 9.92. The van der Waals surface area contributed by atoms with Crippen molar-refractivity contribution < 1.29 is 24.4 Å². The van der Waals surface area contributed by atoms with E-state index in [1.165, 1.54) is 34.1 Å². The minimum atomic E-state index is -1.33. The quantitative estimate of drug-likeness (QED) is 0.531. The van der Waals surface area contributed by atoms with Gasteiger partial charge < -0.3 is 15.0 Å². The maximum absolute atomic E-state index is 12.2. The van der Waals surface area contributed by atoms with E-state index in [9.17, 15) is 19.8 Å². The van der Waals surface area contributed by atoms with Crippen LogP contribution in [0.2, 0.25) is 0 Å². The molecule has 0 bridgehead atoms. The highest BCUT2D eigenvalue weighted by Gasteiger charge is 2.56. The molecule has 0 radical (unpaired) electrons. The van der Waals surface area contributed by atoms with Crippen molar-refractivity contribution >= 4 is 35.4 Å². The molecule has 3 aliphatic heterocycles. The van der Waals surface area contributed by atoms with Crippen molar-refractivity contribution in [2.45, 2.75) is 36.6 Å². The highest BCUT2D eigenvalue weighted by Crippen LogP contribution is 2.54. The maximum Gasteiger partial charge on any atom is 0.243 e. The highest BCUT2D eigenvalue weighted by molar-refractivity contribution is 8.23. The van der Waals surface area contributed by atoms with Crippen LogP contribution in [0.1, 0.15) is 12.6 Å². The first-order chi connectivity index (χ1) is 11.4. The second kappa shape index (κ2) is 5.53.